The maximum Gasteiger partial charge on any atom is 0.267 e. The molecule has 1 atom stereocenters. The number of nitrogens with one attached hydrogen (secondary N) is 1. The summed E-state index contributed by atoms with van der Waals surface area (Å²) >= 11 is 6.17. The summed E-state index contributed by atoms with van der Waals surface area (Å²) in [7, 11) is -2.53. The van der Waals surface area contributed by atoms with Gasteiger partial charge in [0.05, 0.1) is 37.5 Å². The van der Waals surface area contributed by atoms with Crippen LogP contribution >= 0.6 is 11.6 Å². The lowest BCUT2D eigenvalue weighted by molar-refractivity contribution is -0.122. The lowest BCUT2D eigenvalue weighted by Crippen LogP contribution is -2.48. The highest BCUT2D eigenvalue weighted by Gasteiger charge is 2.38. The molecule has 2 heterocycles. The number of benzene rings is 3. The second kappa shape index (κ2) is 10.5. The normalized spacial score (nSPS) is 17.5. The molecule has 0 radical (unpaired) electrons. The van der Waals surface area contributed by atoms with Crippen LogP contribution in [-0.2, 0) is 19.6 Å². The van der Waals surface area contributed by atoms with Gasteiger partial charge in [0.15, 0.2) is 6.10 Å². The zero-order valence-electron chi connectivity index (χ0n) is 20.1. The van der Waals surface area contributed by atoms with E-state index < -0.39 is 22.0 Å². The van der Waals surface area contributed by atoms with Crippen molar-refractivity contribution in [1.82, 2.24) is 0 Å². The molecule has 9 nitrogen and oxygen atoms in total. The summed E-state index contributed by atoms with van der Waals surface area (Å²) in [6.07, 6.45) is -1.08. The zero-order chi connectivity index (χ0) is 26.0. The standard InChI is InChI=1S/C26H26ClN3O6S/c1-34-21-7-9-22(10-8-21)37(32,33)30-17-25(36-24-11-2-18(27)16-23(24)30)26(31)28-19-3-5-20(6-4-19)29-12-14-35-15-13-29/h2-11,16,25H,12-15,17H2,1H3,(H,28,31). The monoisotopic (exact) mass is 543 g/mol. The third kappa shape index (κ3) is 5.31. The van der Waals surface area contributed by atoms with E-state index in [1.165, 1.54) is 25.3 Å². The van der Waals surface area contributed by atoms with Crippen LogP contribution in [0.3, 0.4) is 0 Å². The van der Waals surface area contributed by atoms with Gasteiger partial charge >= 0.3 is 0 Å². The molecule has 2 aliphatic rings. The number of carbonyl (C=O) groups excluding carboxylic acids is 1. The van der Waals surface area contributed by atoms with E-state index in [1.54, 1.807) is 24.3 Å². The predicted molar refractivity (Wildman–Crippen MR) is 141 cm³/mol. The average Bonchev–Trinajstić information content (AvgIpc) is 2.93. The second-order valence-corrected chi connectivity index (χ2v) is 10.9. The van der Waals surface area contributed by atoms with Crippen molar-refractivity contribution in [3.8, 4) is 11.5 Å². The van der Waals surface area contributed by atoms with E-state index in [0.717, 1.165) is 23.1 Å². The van der Waals surface area contributed by atoms with Gasteiger partial charge in [-0.2, -0.15) is 0 Å². The van der Waals surface area contributed by atoms with Crippen LogP contribution in [0, 0.1) is 0 Å². The fourth-order valence-electron chi connectivity index (χ4n) is 4.26. The maximum atomic E-state index is 13.6. The van der Waals surface area contributed by atoms with Crippen molar-refractivity contribution < 1.29 is 27.4 Å². The van der Waals surface area contributed by atoms with Gasteiger partial charge in [-0.25, -0.2) is 8.42 Å². The Bertz CT molecular complexity index is 1380. The van der Waals surface area contributed by atoms with Crippen molar-refractivity contribution in [1.29, 1.82) is 0 Å². The smallest absolute Gasteiger partial charge is 0.267 e. The first kappa shape index (κ1) is 25.2. The quantitative estimate of drug-likeness (QED) is 0.505. The molecule has 0 aromatic heterocycles. The molecule has 1 amide bonds. The van der Waals surface area contributed by atoms with E-state index in [0.29, 0.717) is 29.7 Å². The summed E-state index contributed by atoms with van der Waals surface area (Å²) in [5.74, 6) is 0.312. The largest absolute Gasteiger partial charge is 0.497 e. The third-order valence-corrected chi connectivity index (χ3v) is 8.27. The molecule has 1 fully saturated rings. The highest BCUT2D eigenvalue weighted by molar-refractivity contribution is 7.92. The average molecular weight is 544 g/mol. The van der Waals surface area contributed by atoms with Gasteiger partial charge < -0.3 is 24.4 Å². The van der Waals surface area contributed by atoms with E-state index >= 15 is 0 Å². The highest BCUT2D eigenvalue weighted by Crippen LogP contribution is 2.39. The lowest BCUT2D eigenvalue weighted by atomic mass is 10.2. The minimum Gasteiger partial charge on any atom is -0.497 e. The van der Waals surface area contributed by atoms with Gasteiger partial charge in [0, 0.05) is 29.5 Å². The zero-order valence-corrected chi connectivity index (χ0v) is 21.7. The van der Waals surface area contributed by atoms with Crippen LogP contribution in [0.1, 0.15) is 0 Å². The Hall–Kier alpha value is -3.47. The molecular weight excluding hydrogens is 518 g/mol. The number of anilines is 3. The van der Waals surface area contributed by atoms with E-state index in [9.17, 15) is 13.2 Å². The molecule has 194 valence electrons. The molecule has 11 heteroatoms. The first-order valence-corrected chi connectivity index (χ1v) is 13.5. The Morgan fingerprint density at radius 1 is 1.03 bits per heavy atom. The summed E-state index contributed by atoms with van der Waals surface area (Å²) in [6, 6.07) is 18.2. The Labute approximate surface area is 220 Å². The molecule has 0 saturated carbocycles. The number of hydrogen-bond acceptors (Lipinski definition) is 7. The van der Waals surface area contributed by atoms with Gasteiger partial charge in [-0.05, 0) is 66.7 Å². The SMILES string of the molecule is COc1ccc(S(=O)(=O)N2CC(C(=O)Nc3ccc(N4CCOCC4)cc3)Oc3ccc(Cl)cc32)cc1. The summed E-state index contributed by atoms with van der Waals surface area (Å²) in [5, 5.41) is 3.19. The number of morpholine rings is 1. The van der Waals surface area contributed by atoms with Crippen LogP contribution in [0.15, 0.2) is 71.6 Å². The molecule has 5 rings (SSSR count). The Balaban J connectivity index is 1.38. The predicted octanol–water partition coefficient (Wildman–Crippen LogP) is 3.78. The number of fused-ring (bicyclic) bond motifs is 1. The van der Waals surface area contributed by atoms with Gasteiger partial charge in [0.2, 0.25) is 0 Å². The van der Waals surface area contributed by atoms with Gasteiger partial charge in [-0.15, -0.1) is 0 Å². The molecule has 3 aromatic carbocycles. The van der Waals surface area contributed by atoms with Gasteiger partial charge in [0.25, 0.3) is 15.9 Å². The number of halogens is 1. The fourth-order valence-corrected chi connectivity index (χ4v) is 5.90. The third-order valence-electron chi connectivity index (χ3n) is 6.24. The van der Waals surface area contributed by atoms with Crippen LogP contribution in [0.2, 0.25) is 5.02 Å². The first-order valence-electron chi connectivity index (χ1n) is 11.7. The Kier molecular flexibility index (Phi) is 7.14. The molecule has 0 aliphatic carbocycles. The molecular formula is C26H26ClN3O6S. The van der Waals surface area contributed by atoms with E-state index in [4.69, 9.17) is 25.8 Å². The number of hydrogen-bond donors (Lipinski definition) is 1. The highest BCUT2D eigenvalue weighted by atomic mass is 35.5. The molecule has 2 aliphatic heterocycles. The number of nitrogens with zero attached hydrogens (tertiary/aromatic N) is 2. The van der Waals surface area contributed by atoms with Gasteiger partial charge in [-0.3, -0.25) is 9.10 Å². The second-order valence-electron chi connectivity index (χ2n) is 8.57. The van der Waals surface area contributed by atoms with Crippen LogP contribution in [0.4, 0.5) is 17.1 Å². The fraction of sp³-hybridized carbons (Fsp3) is 0.269. The van der Waals surface area contributed by atoms with E-state index in [1.807, 2.05) is 24.3 Å². The van der Waals surface area contributed by atoms with Crippen molar-refractivity contribution in [2.75, 3.05) is 54.5 Å². The minimum absolute atomic E-state index is 0.0546. The molecule has 0 bridgehead atoms. The summed E-state index contributed by atoms with van der Waals surface area (Å²) in [5.41, 5.74) is 1.89. The molecule has 1 N–H and O–H groups in total. The number of rotatable bonds is 6. The van der Waals surface area contributed by atoms with Crippen molar-refractivity contribution in [3.05, 3.63) is 71.8 Å². The number of sulfonamides is 1. The van der Waals surface area contributed by atoms with E-state index in [-0.39, 0.29) is 22.9 Å². The molecule has 0 spiro atoms. The lowest BCUT2D eigenvalue weighted by Gasteiger charge is -2.35. The van der Waals surface area contributed by atoms with Crippen LogP contribution in [0.5, 0.6) is 11.5 Å². The van der Waals surface area contributed by atoms with Crippen molar-refractivity contribution in [2.45, 2.75) is 11.0 Å². The number of ether oxygens (including phenoxy) is 3. The minimum atomic E-state index is -4.03. The maximum absolute atomic E-state index is 13.6. The van der Waals surface area contributed by atoms with Crippen LogP contribution < -0.4 is 24.0 Å². The molecule has 37 heavy (non-hydrogen) atoms. The Morgan fingerprint density at radius 3 is 2.41 bits per heavy atom. The number of carbonyl (C=O) groups is 1. The van der Waals surface area contributed by atoms with Crippen molar-refractivity contribution in [3.63, 3.8) is 0 Å². The first-order chi connectivity index (χ1) is 17.8. The van der Waals surface area contributed by atoms with Gasteiger partial charge in [0.1, 0.15) is 11.5 Å². The molecule has 1 unspecified atom stereocenters. The van der Waals surface area contributed by atoms with Crippen molar-refractivity contribution in [2.24, 2.45) is 0 Å². The van der Waals surface area contributed by atoms with Crippen LogP contribution in [-0.4, -0.2) is 60.4 Å². The number of methoxy groups -OCH3 is 1. The summed E-state index contributed by atoms with van der Waals surface area (Å²) in [6.45, 7) is 2.76. The van der Waals surface area contributed by atoms with Gasteiger partial charge in [-0.1, -0.05) is 11.6 Å². The van der Waals surface area contributed by atoms with Crippen molar-refractivity contribution >= 4 is 44.6 Å². The number of amides is 1. The molecule has 3 aromatic rings. The topological polar surface area (TPSA) is 97.4 Å². The summed E-state index contributed by atoms with van der Waals surface area (Å²) < 4.78 is 44.8. The summed E-state index contributed by atoms with van der Waals surface area (Å²) in [4.78, 5) is 15.5. The molecule has 1 saturated heterocycles. The Morgan fingerprint density at radius 2 is 1.73 bits per heavy atom. The van der Waals surface area contributed by atoms with E-state index in [2.05, 4.69) is 10.2 Å². The van der Waals surface area contributed by atoms with Crippen LogP contribution in [0.25, 0.3) is 0 Å².